The Morgan fingerprint density at radius 1 is 1.21 bits per heavy atom. The van der Waals surface area contributed by atoms with Gasteiger partial charge < -0.3 is 4.74 Å². The van der Waals surface area contributed by atoms with Crippen LogP contribution in [0.1, 0.15) is 25.3 Å². The maximum Gasteiger partial charge on any atom is 0.153 e. The van der Waals surface area contributed by atoms with Crippen molar-refractivity contribution in [2.45, 2.75) is 26.2 Å². The SMILES string of the molecule is CCCCS(=O)(=O)CCOc1ccc(CC#N)cc1. The second kappa shape index (κ2) is 7.80. The highest BCUT2D eigenvalue weighted by Gasteiger charge is 2.10. The largest absolute Gasteiger partial charge is 0.493 e. The molecule has 0 bridgehead atoms. The summed E-state index contributed by atoms with van der Waals surface area (Å²) in [5.41, 5.74) is 0.922. The van der Waals surface area contributed by atoms with E-state index in [0.717, 1.165) is 12.0 Å². The van der Waals surface area contributed by atoms with Crippen molar-refractivity contribution < 1.29 is 13.2 Å². The predicted molar refractivity (Wildman–Crippen MR) is 74.8 cm³/mol. The van der Waals surface area contributed by atoms with Crippen molar-refractivity contribution >= 4 is 9.84 Å². The van der Waals surface area contributed by atoms with E-state index in [-0.39, 0.29) is 18.1 Å². The fourth-order valence-electron chi connectivity index (χ4n) is 1.55. The van der Waals surface area contributed by atoms with Crippen molar-refractivity contribution in [2.75, 3.05) is 18.1 Å². The molecule has 5 heteroatoms. The van der Waals surface area contributed by atoms with Gasteiger partial charge in [-0.05, 0) is 24.1 Å². The van der Waals surface area contributed by atoms with Gasteiger partial charge in [0.15, 0.2) is 9.84 Å². The van der Waals surface area contributed by atoms with Crippen LogP contribution in [0.2, 0.25) is 0 Å². The molecule has 0 aliphatic heterocycles. The van der Waals surface area contributed by atoms with E-state index in [1.807, 2.05) is 19.1 Å². The quantitative estimate of drug-likeness (QED) is 0.733. The zero-order valence-electron chi connectivity index (χ0n) is 11.1. The molecule has 0 N–H and O–H groups in total. The summed E-state index contributed by atoms with van der Waals surface area (Å²) in [4.78, 5) is 0. The number of nitrogens with zero attached hydrogens (tertiary/aromatic N) is 1. The van der Waals surface area contributed by atoms with Gasteiger partial charge in [-0.3, -0.25) is 0 Å². The summed E-state index contributed by atoms with van der Waals surface area (Å²) in [6, 6.07) is 9.20. The highest BCUT2D eigenvalue weighted by atomic mass is 32.2. The maximum absolute atomic E-state index is 11.6. The summed E-state index contributed by atoms with van der Waals surface area (Å²) in [5.74, 6) is 0.911. The van der Waals surface area contributed by atoms with E-state index in [1.165, 1.54) is 0 Å². The molecule has 0 aliphatic rings. The third-order valence-corrected chi connectivity index (χ3v) is 4.38. The molecule has 0 amide bonds. The normalized spacial score (nSPS) is 10.9. The highest BCUT2D eigenvalue weighted by Crippen LogP contribution is 2.12. The fourth-order valence-corrected chi connectivity index (χ4v) is 2.82. The predicted octanol–water partition coefficient (Wildman–Crippen LogP) is 2.35. The lowest BCUT2D eigenvalue weighted by Gasteiger charge is -2.07. The van der Waals surface area contributed by atoms with Gasteiger partial charge in [0.25, 0.3) is 0 Å². The standard InChI is InChI=1S/C14H19NO3S/c1-2-3-11-19(16,17)12-10-18-14-6-4-13(5-7-14)8-9-15/h4-7H,2-3,8,10-12H2,1H3. The molecule has 4 nitrogen and oxygen atoms in total. The molecule has 0 fully saturated rings. The van der Waals surface area contributed by atoms with Gasteiger partial charge in [0.05, 0.1) is 24.0 Å². The van der Waals surface area contributed by atoms with Crippen LogP contribution in [0.4, 0.5) is 0 Å². The number of rotatable bonds is 8. The molecule has 0 saturated heterocycles. The van der Waals surface area contributed by atoms with Crippen LogP contribution < -0.4 is 4.74 Å². The minimum atomic E-state index is -3.00. The number of sulfone groups is 1. The van der Waals surface area contributed by atoms with Crippen molar-refractivity contribution in [1.29, 1.82) is 5.26 Å². The summed E-state index contributed by atoms with van der Waals surface area (Å²) in [7, 11) is -3.00. The Morgan fingerprint density at radius 3 is 2.47 bits per heavy atom. The molecule has 1 rings (SSSR count). The first-order valence-corrected chi connectivity index (χ1v) is 8.18. The first kappa shape index (κ1) is 15.5. The molecule has 0 aromatic heterocycles. The molecule has 0 spiro atoms. The van der Waals surface area contributed by atoms with E-state index >= 15 is 0 Å². The molecule has 1 aromatic carbocycles. The van der Waals surface area contributed by atoms with Crippen molar-refractivity contribution in [3.63, 3.8) is 0 Å². The first-order valence-electron chi connectivity index (χ1n) is 6.36. The van der Waals surface area contributed by atoms with E-state index in [2.05, 4.69) is 6.07 Å². The summed E-state index contributed by atoms with van der Waals surface area (Å²) in [6.07, 6.45) is 1.94. The fraction of sp³-hybridized carbons (Fsp3) is 0.500. The lowest BCUT2D eigenvalue weighted by atomic mass is 10.2. The Hall–Kier alpha value is -1.54. The van der Waals surface area contributed by atoms with Gasteiger partial charge in [-0.2, -0.15) is 5.26 Å². The van der Waals surface area contributed by atoms with Crippen LogP contribution in [0.5, 0.6) is 5.75 Å². The van der Waals surface area contributed by atoms with Gasteiger partial charge in [0, 0.05) is 0 Å². The van der Waals surface area contributed by atoms with Crippen LogP contribution in [0, 0.1) is 11.3 Å². The third kappa shape index (κ3) is 6.25. The molecule has 1 aromatic rings. The van der Waals surface area contributed by atoms with E-state index < -0.39 is 9.84 Å². The van der Waals surface area contributed by atoms with Gasteiger partial charge in [0.2, 0.25) is 0 Å². The van der Waals surface area contributed by atoms with Crippen LogP contribution >= 0.6 is 0 Å². The first-order chi connectivity index (χ1) is 9.07. The summed E-state index contributed by atoms with van der Waals surface area (Å²) in [5, 5.41) is 8.54. The monoisotopic (exact) mass is 281 g/mol. The van der Waals surface area contributed by atoms with Gasteiger partial charge in [-0.15, -0.1) is 0 Å². The van der Waals surface area contributed by atoms with Crippen molar-refractivity contribution in [3.8, 4) is 11.8 Å². The maximum atomic E-state index is 11.6. The summed E-state index contributed by atoms with van der Waals surface area (Å²) >= 11 is 0. The number of nitriles is 1. The molecule has 0 atom stereocenters. The van der Waals surface area contributed by atoms with E-state index in [1.54, 1.807) is 12.1 Å². The molecule has 19 heavy (non-hydrogen) atoms. The zero-order chi connectivity index (χ0) is 14.1. The van der Waals surface area contributed by atoms with E-state index in [4.69, 9.17) is 10.00 Å². The molecule has 0 heterocycles. The lowest BCUT2D eigenvalue weighted by molar-refractivity contribution is 0.340. The Morgan fingerprint density at radius 2 is 1.89 bits per heavy atom. The van der Waals surface area contributed by atoms with Gasteiger partial charge >= 0.3 is 0 Å². The second-order valence-electron chi connectivity index (χ2n) is 4.33. The Labute approximate surface area is 114 Å². The molecule has 0 aliphatic carbocycles. The van der Waals surface area contributed by atoms with Gasteiger partial charge in [-0.25, -0.2) is 8.42 Å². The van der Waals surface area contributed by atoms with Crippen LogP contribution in [0.3, 0.4) is 0 Å². The van der Waals surface area contributed by atoms with Crippen LogP contribution in [-0.2, 0) is 16.3 Å². The summed E-state index contributed by atoms with van der Waals surface area (Å²) in [6.45, 7) is 2.14. The number of unbranched alkanes of at least 4 members (excludes halogenated alkanes) is 1. The minimum Gasteiger partial charge on any atom is -0.493 e. The molecule has 0 unspecified atom stereocenters. The molecular weight excluding hydrogens is 262 g/mol. The van der Waals surface area contributed by atoms with Crippen molar-refractivity contribution in [1.82, 2.24) is 0 Å². The Balaban J connectivity index is 2.39. The third-order valence-electron chi connectivity index (χ3n) is 2.68. The minimum absolute atomic E-state index is 0.0486. The number of benzene rings is 1. The zero-order valence-corrected chi connectivity index (χ0v) is 11.9. The van der Waals surface area contributed by atoms with Crippen LogP contribution in [-0.4, -0.2) is 26.5 Å². The molecule has 0 radical (unpaired) electrons. The van der Waals surface area contributed by atoms with Crippen LogP contribution in [0.25, 0.3) is 0 Å². The van der Waals surface area contributed by atoms with Crippen molar-refractivity contribution in [3.05, 3.63) is 29.8 Å². The molecule has 0 saturated carbocycles. The molecular formula is C14H19NO3S. The van der Waals surface area contributed by atoms with Gasteiger partial charge in [0.1, 0.15) is 12.4 Å². The molecule has 104 valence electrons. The van der Waals surface area contributed by atoms with Crippen molar-refractivity contribution in [2.24, 2.45) is 0 Å². The van der Waals surface area contributed by atoms with E-state index in [0.29, 0.717) is 18.6 Å². The van der Waals surface area contributed by atoms with Gasteiger partial charge in [-0.1, -0.05) is 25.5 Å². The Bertz CT molecular complexity index is 515. The average Bonchev–Trinajstić information content (AvgIpc) is 2.39. The Kier molecular flexibility index (Phi) is 6.37. The highest BCUT2D eigenvalue weighted by molar-refractivity contribution is 7.91. The smallest absolute Gasteiger partial charge is 0.153 e. The topological polar surface area (TPSA) is 67.2 Å². The second-order valence-corrected chi connectivity index (χ2v) is 6.64. The average molecular weight is 281 g/mol. The number of ether oxygens (including phenoxy) is 1. The summed E-state index contributed by atoms with van der Waals surface area (Å²) < 4.78 is 28.6. The van der Waals surface area contributed by atoms with Crippen LogP contribution in [0.15, 0.2) is 24.3 Å². The number of hydrogen-bond donors (Lipinski definition) is 0. The lowest BCUT2D eigenvalue weighted by Crippen LogP contribution is -2.17. The van der Waals surface area contributed by atoms with E-state index in [9.17, 15) is 8.42 Å². The number of hydrogen-bond acceptors (Lipinski definition) is 4.